The number of carbonyl (C=O) groups is 1. The molecule has 7 rings (SSSR count). The Hall–Kier alpha value is -1.27. The SMILES string of the molecule is CC1(C)CC[C@]2(C(=O)O)CC[C@]3(C)C(=CC[C@@H]4[C@@]5(C)C[C@H](O)[C@H](O[C@@H]6O[C@H](CO)[C@@H](O)[C@H](O)[C@H]6O[C@@H]6O[C@H](CO)[C@@H](O)[C@H](O)[C@H]6O)C(C)(C)[C@@H]5CC[C@]43C)[C@@H]2C1. The minimum atomic E-state index is -1.80. The molecule has 14 nitrogen and oxygen atoms in total. The maximum absolute atomic E-state index is 13.1. The molecule has 0 spiro atoms. The van der Waals surface area contributed by atoms with Crippen LogP contribution in [0.15, 0.2) is 11.6 Å². The van der Waals surface area contributed by atoms with Gasteiger partial charge >= 0.3 is 5.97 Å². The molecular weight excluding hydrogens is 728 g/mol. The number of fused-ring (bicyclic) bond motifs is 7. The number of rotatable bonds is 7. The molecular formula is C42H68O14. The number of allylic oxidation sites excluding steroid dienone is 2. The lowest BCUT2D eigenvalue weighted by Crippen LogP contribution is -2.69. The highest BCUT2D eigenvalue weighted by Gasteiger charge is 2.70. The van der Waals surface area contributed by atoms with Gasteiger partial charge in [0.05, 0.1) is 30.8 Å². The van der Waals surface area contributed by atoms with E-state index in [2.05, 4.69) is 54.5 Å². The van der Waals surface area contributed by atoms with Crippen LogP contribution in [0.3, 0.4) is 0 Å². The van der Waals surface area contributed by atoms with Crippen LogP contribution in [0.1, 0.15) is 106 Å². The summed E-state index contributed by atoms with van der Waals surface area (Å²) < 4.78 is 24.1. The first kappa shape index (κ1) is 42.8. The van der Waals surface area contributed by atoms with Crippen LogP contribution in [0.4, 0.5) is 0 Å². The van der Waals surface area contributed by atoms with E-state index in [0.717, 1.165) is 38.5 Å². The normalized spacial score (nSPS) is 53.8. The quantitative estimate of drug-likeness (QED) is 0.132. The van der Waals surface area contributed by atoms with E-state index in [1.54, 1.807) is 0 Å². The summed E-state index contributed by atoms with van der Waals surface area (Å²) in [6, 6.07) is 0. The van der Waals surface area contributed by atoms with Crippen LogP contribution >= 0.6 is 0 Å². The zero-order chi connectivity index (χ0) is 41.1. The molecule has 0 radical (unpaired) electrons. The molecule has 5 aliphatic carbocycles. The summed E-state index contributed by atoms with van der Waals surface area (Å²) in [5, 5.41) is 96.3. The Kier molecular flexibility index (Phi) is 11.0. The molecule has 0 aromatic rings. The number of aliphatic hydroxyl groups excluding tert-OH is 8. The van der Waals surface area contributed by atoms with Crippen LogP contribution in [0.5, 0.6) is 0 Å². The van der Waals surface area contributed by atoms with E-state index >= 15 is 0 Å². The highest BCUT2D eigenvalue weighted by molar-refractivity contribution is 5.76. The summed E-state index contributed by atoms with van der Waals surface area (Å²) in [6.45, 7) is 14.4. The van der Waals surface area contributed by atoms with Gasteiger partial charge in [-0.2, -0.15) is 0 Å². The van der Waals surface area contributed by atoms with Crippen LogP contribution in [0.25, 0.3) is 0 Å². The molecule has 6 fully saturated rings. The number of carboxylic acid groups (broad SMARTS) is 1. The molecule has 9 N–H and O–H groups in total. The van der Waals surface area contributed by atoms with Gasteiger partial charge < -0.3 is 64.9 Å². The number of carboxylic acids is 1. The lowest BCUT2D eigenvalue weighted by Gasteiger charge is -2.71. The average Bonchev–Trinajstić information content (AvgIpc) is 3.12. The van der Waals surface area contributed by atoms with Crippen molar-refractivity contribution in [2.75, 3.05) is 13.2 Å². The van der Waals surface area contributed by atoms with E-state index in [0.29, 0.717) is 19.3 Å². The van der Waals surface area contributed by atoms with E-state index in [9.17, 15) is 50.8 Å². The largest absolute Gasteiger partial charge is 0.481 e. The van der Waals surface area contributed by atoms with Crippen molar-refractivity contribution in [1.29, 1.82) is 0 Å². The van der Waals surface area contributed by atoms with Crippen molar-refractivity contribution < 1.29 is 69.7 Å². The molecule has 56 heavy (non-hydrogen) atoms. The van der Waals surface area contributed by atoms with Gasteiger partial charge in [0.15, 0.2) is 12.6 Å². The molecule has 0 unspecified atom stereocenters. The van der Waals surface area contributed by atoms with Crippen molar-refractivity contribution >= 4 is 5.97 Å². The summed E-state index contributed by atoms with van der Waals surface area (Å²) in [4.78, 5) is 13.1. The Morgan fingerprint density at radius 3 is 1.96 bits per heavy atom. The molecule has 19 atom stereocenters. The number of ether oxygens (including phenoxy) is 4. The Morgan fingerprint density at radius 2 is 1.34 bits per heavy atom. The van der Waals surface area contributed by atoms with Crippen molar-refractivity contribution in [2.45, 2.75) is 180 Å². The van der Waals surface area contributed by atoms with Gasteiger partial charge in [0.25, 0.3) is 0 Å². The minimum absolute atomic E-state index is 0.0118. The van der Waals surface area contributed by atoms with Crippen LogP contribution in [-0.4, -0.2) is 139 Å². The highest BCUT2D eigenvalue weighted by atomic mass is 16.8. The van der Waals surface area contributed by atoms with Crippen LogP contribution in [-0.2, 0) is 23.7 Å². The van der Waals surface area contributed by atoms with E-state index in [-0.39, 0.29) is 39.4 Å². The average molecular weight is 797 g/mol. The smallest absolute Gasteiger partial charge is 0.310 e. The molecule has 0 bridgehead atoms. The second-order valence-electron chi connectivity index (χ2n) is 20.8. The summed E-state index contributed by atoms with van der Waals surface area (Å²) in [5.41, 5.74) is -0.712. The Labute approximate surface area is 330 Å². The number of hydrogen-bond acceptors (Lipinski definition) is 13. The Morgan fingerprint density at radius 1 is 0.732 bits per heavy atom. The molecule has 2 heterocycles. The molecule has 4 saturated carbocycles. The molecule has 0 aromatic carbocycles. The zero-order valence-corrected chi connectivity index (χ0v) is 34.1. The van der Waals surface area contributed by atoms with E-state index in [4.69, 9.17) is 18.9 Å². The summed E-state index contributed by atoms with van der Waals surface area (Å²) in [6.07, 6.45) is -8.44. The highest BCUT2D eigenvalue weighted by Crippen LogP contribution is 2.76. The summed E-state index contributed by atoms with van der Waals surface area (Å²) in [5.74, 6) is -0.424. The van der Waals surface area contributed by atoms with Gasteiger partial charge in [-0.3, -0.25) is 4.79 Å². The summed E-state index contributed by atoms with van der Waals surface area (Å²) in [7, 11) is 0. The topological polar surface area (TPSA) is 236 Å². The Balaban J connectivity index is 1.17. The van der Waals surface area contributed by atoms with Crippen molar-refractivity contribution in [1.82, 2.24) is 0 Å². The standard InChI is InChI=1S/C42H68O14/c1-37(2)12-14-42(36(51)52)15-13-40(6)20(21(42)16-37)8-9-26-39(5)17-22(45)33(38(3,4)25(39)10-11-41(26,40)7)56-35-32(30(49)28(47)24(19-44)54-35)55-34-31(50)29(48)27(46)23(18-43)53-34/h8,21-35,43-50H,9-19H2,1-7H3,(H,51,52)/t21-,22-,23+,24+,25-,26+,27+,28+,29-,30-,31+,32+,33-,34-,35-,39-,40+,41+,42-/m0/s1. The molecule has 0 aromatic heterocycles. The lowest BCUT2D eigenvalue weighted by molar-refractivity contribution is -0.382. The van der Waals surface area contributed by atoms with Crippen molar-refractivity contribution in [3.63, 3.8) is 0 Å². The van der Waals surface area contributed by atoms with Crippen molar-refractivity contribution in [2.24, 2.45) is 50.2 Å². The molecule has 0 amide bonds. The molecule has 7 aliphatic rings. The van der Waals surface area contributed by atoms with Gasteiger partial charge in [0.1, 0.15) is 48.8 Å². The van der Waals surface area contributed by atoms with E-state index in [1.165, 1.54) is 5.57 Å². The predicted molar refractivity (Wildman–Crippen MR) is 199 cm³/mol. The van der Waals surface area contributed by atoms with Gasteiger partial charge in [-0.1, -0.05) is 60.1 Å². The first-order valence-electron chi connectivity index (χ1n) is 20.9. The van der Waals surface area contributed by atoms with Gasteiger partial charge in [0, 0.05) is 0 Å². The van der Waals surface area contributed by atoms with Gasteiger partial charge in [-0.25, -0.2) is 0 Å². The van der Waals surface area contributed by atoms with Crippen LogP contribution < -0.4 is 0 Å². The van der Waals surface area contributed by atoms with Crippen LogP contribution in [0.2, 0.25) is 0 Å². The Bertz CT molecular complexity index is 1520. The van der Waals surface area contributed by atoms with Crippen LogP contribution in [0, 0.1) is 50.2 Å². The number of aliphatic hydroxyl groups is 8. The molecule has 2 aliphatic heterocycles. The van der Waals surface area contributed by atoms with Gasteiger partial charge in [0.2, 0.25) is 0 Å². The monoisotopic (exact) mass is 796 g/mol. The lowest BCUT2D eigenvalue weighted by atomic mass is 9.33. The third-order valence-electron chi connectivity index (χ3n) is 17.2. The van der Waals surface area contributed by atoms with Gasteiger partial charge in [-0.05, 0) is 103 Å². The fourth-order valence-corrected chi connectivity index (χ4v) is 13.8. The maximum atomic E-state index is 13.1. The first-order valence-corrected chi connectivity index (χ1v) is 20.9. The second kappa shape index (κ2) is 14.4. The number of aliphatic carboxylic acids is 1. The molecule has 14 heteroatoms. The van der Waals surface area contributed by atoms with Crippen molar-refractivity contribution in [3.8, 4) is 0 Å². The van der Waals surface area contributed by atoms with E-state index in [1.807, 2.05) is 0 Å². The zero-order valence-electron chi connectivity index (χ0n) is 34.1. The van der Waals surface area contributed by atoms with Gasteiger partial charge in [-0.15, -0.1) is 0 Å². The third kappa shape index (κ3) is 6.21. The first-order chi connectivity index (χ1) is 26.0. The molecule has 2 saturated heterocycles. The van der Waals surface area contributed by atoms with E-state index < -0.39 is 104 Å². The molecule has 320 valence electrons. The third-order valence-corrected chi connectivity index (χ3v) is 17.2. The fourth-order valence-electron chi connectivity index (χ4n) is 13.8. The maximum Gasteiger partial charge on any atom is 0.310 e. The predicted octanol–water partition coefficient (Wildman–Crippen LogP) is 1.85. The second-order valence-corrected chi connectivity index (χ2v) is 20.8. The number of hydrogen-bond donors (Lipinski definition) is 9. The van der Waals surface area contributed by atoms with Crippen molar-refractivity contribution in [3.05, 3.63) is 11.6 Å². The minimum Gasteiger partial charge on any atom is -0.481 e. The fraction of sp³-hybridized carbons (Fsp3) is 0.929. The summed E-state index contributed by atoms with van der Waals surface area (Å²) >= 11 is 0.